The fraction of sp³-hybridized carbons (Fsp3) is 0.400. The van der Waals surface area contributed by atoms with Crippen molar-refractivity contribution in [3.63, 3.8) is 0 Å². The van der Waals surface area contributed by atoms with E-state index in [1.807, 2.05) is 0 Å². The lowest BCUT2D eigenvalue weighted by molar-refractivity contribution is 0.0600. The number of carbonyl (C=O) groups excluding carboxylic acids is 1. The van der Waals surface area contributed by atoms with E-state index in [2.05, 4.69) is 9.72 Å². The van der Waals surface area contributed by atoms with E-state index in [-0.39, 0.29) is 40.6 Å². The second kappa shape index (κ2) is 8.60. The minimum atomic E-state index is -3.83. The van der Waals surface area contributed by atoms with Crippen LogP contribution < -0.4 is 9.64 Å². The summed E-state index contributed by atoms with van der Waals surface area (Å²) in [7, 11) is -2.57. The molecule has 0 bridgehead atoms. The Balaban J connectivity index is 1.75. The molecule has 0 amide bonds. The predicted octanol–water partition coefficient (Wildman–Crippen LogP) is 3.23. The Morgan fingerprint density at radius 2 is 2.10 bits per heavy atom. The van der Waals surface area contributed by atoms with Crippen LogP contribution in [0, 0.1) is 5.95 Å². The smallest absolute Gasteiger partial charge is 0.337 e. The molecule has 166 valence electrons. The molecule has 1 aromatic carbocycles. The molecule has 0 saturated carbocycles. The van der Waals surface area contributed by atoms with Crippen LogP contribution in [0.1, 0.15) is 23.2 Å². The molecule has 0 N–H and O–H groups in total. The third-order valence-corrected chi connectivity index (χ3v) is 7.39. The Morgan fingerprint density at radius 3 is 2.74 bits per heavy atom. The third-order valence-electron chi connectivity index (χ3n) is 5.19. The first kappa shape index (κ1) is 21.8. The number of methoxy groups -OCH3 is 1. The molecule has 0 spiro atoms. The summed E-state index contributed by atoms with van der Waals surface area (Å²) >= 11 is 6.04. The Bertz CT molecular complexity index is 1100. The highest BCUT2D eigenvalue weighted by atomic mass is 35.5. The zero-order valence-electron chi connectivity index (χ0n) is 16.6. The summed E-state index contributed by atoms with van der Waals surface area (Å²) in [5.74, 6) is -1.84. The maximum Gasteiger partial charge on any atom is 0.337 e. The zero-order chi connectivity index (χ0) is 22.2. The van der Waals surface area contributed by atoms with Crippen molar-refractivity contribution < 1.29 is 31.8 Å². The van der Waals surface area contributed by atoms with Crippen molar-refractivity contribution in [2.45, 2.75) is 23.8 Å². The molecule has 1 aromatic heterocycles. The van der Waals surface area contributed by atoms with E-state index in [9.17, 15) is 17.6 Å². The van der Waals surface area contributed by atoms with Crippen LogP contribution in [-0.2, 0) is 19.3 Å². The topological polar surface area (TPSA) is 95.0 Å². The highest BCUT2D eigenvalue weighted by molar-refractivity contribution is 7.91. The SMILES string of the molecule is COC(=O)c1ccc(Oc2nc(F)c(Cl)c3c2N(C[C@H]2CCCO2)CCS3(=O)=O)cc1. The number of anilines is 1. The van der Waals surface area contributed by atoms with E-state index < -0.39 is 26.8 Å². The van der Waals surface area contributed by atoms with Crippen LogP contribution in [0.4, 0.5) is 10.1 Å². The molecular formula is C20H20ClFN2O6S. The van der Waals surface area contributed by atoms with Crippen molar-refractivity contribution in [2.75, 3.05) is 37.5 Å². The zero-order valence-corrected chi connectivity index (χ0v) is 18.2. The maximum atomic E-state index is 14.5. The molecule has 4 rings (SSSR count). The molecule has 2 aliphatic heterocycles. The first-order valence-corrected chi connectivity index (χ1v) is 11.7. The highest BCUT2D eigenvalue weighted by Crippen LogP contribution is 2.44. The molecule has 3 heterocycles. The summed E-state index contributed by atoms with van der Waals surface area (Å²) in [6, 6.07) is 5.91. The molecule has 11 heteroatoms. The number of hydrogen-bond acceptors (Lipinski definition) is 8. The summed E-state index contributed by atoms with van der Waals surface area (Å²) in [4.78, 5) is 16.8. The number of ether oxygens (including phenoxy) is 3. The van der Waals surface area contributed by atoms with Crippen LogP contribution >= 0.6 is 11.6 Å². The van der Waals surface area contributed by atoms with Crippen LogP contribution in [0.15, 0.2) is 29.2 Å². The van der Waals surface area contributed by atoms with Gasteiger partial charge in [0.1, 0.15) is 21.4 Å². The molecule has 0 unspecified atom stereocenters. The largest absolute Gasteiger partial charge is 0.465 e. The van der Waals surface area contributed by atoms with E-state index in [0.29, 0.717) is 18.7 Å². The standard InChI is InChI=1S/C20H20ClFN2O6S/c1-28-20(25)12-4-6-13(7-5-12)30-19-16-17(15(21)18(22)23-19)31(26,27)10-8-24(16)11-14-3-2-9-29-14/h4-7,14H,2-3,8-11H2,1H3/t14-/m1/s1. The van der Waals surface area contributed by atoms with Gasteiger partial charge in [-0.15, -0.1) is 0 Å². The van der Waals surface area contributed by atoms with Crippen molar-refractivity contribution in [1.82, 2.24) is 4.98 Å². The number of rotatable bonds is 5. The first-order valence-electron chi connectivity index (χ1n) is 9.64. The van der Waals surface area contributed by atoms with Gasteiger partial charge in [-0.1, -0.05) is 11.6 Å². The molecular weight excluding hydrogens is 451 g/mol. The third kappa shape index (κ3) is 4.32. The van der Waals surface area contributed by atoms with Gasteiger partial charge in [-0.25, -0.2) is 13.2 Å². The number of esters is 1. The Labute approximate surface area is 183 Å². The van der Waals surface area contributed by atoms with Gasteiger partial charge in [0.15, 0.2) is 9.84 Å². The van der Waals surface area contributed by atoms with Crippen LogP contribution in [0.25, 0.3) is 0 Å². The molecule has 2 aromatic rings. The monoisotopic (exact) mass is 470 g/mol. The second-order valence-electron chi connectivity index (χ2n) is 7.22. The number of carbonyl (C=O) groups is 1. The minimum Gasteiger partial charge on any atom is -0.465 e. The van der Waals surface area contributed by atoms with Crippen molar-refractivity contribution in [3.8, 4) is 11.6 Å². The van der Waals surface area contributed by atoms with Gasteiger partial charge in [-0.2, -0.15) is 9.37 Å². The van der Waals surface area contributed by atoms with Gasteiger partial charge < -0.3 is 19.1 Å². The number of hydrogen-bond donors (Lipinski definition) is 0. The second-order valence-corrected chi connectivity index (χ2v) is 9.64. The number of pyridine rings is 1. The molecule has 0 aliphatic carbocycles. The van der Waals surface area contributed by atoms with Gasteiger partial charge in [0.25, 0.3) is 0 Å². The molecule has 2 aliphatic rings. The van der Waals surface area contributed by atoms with Crippen molar-refractivity contribution in [3.05, 3.63) is 40.8 Å². The lowest BCUT2D eigenvalue weighted by Crippen LogP contribution is -2.40. The molecule has 0 radical (unpaired) electrons. The van der Waals surface area contributed by atoms with Crippen LogP contribution in [0.2, 0.25) is 5.02 Å². The van der Waals surface area contributed by atoms with Crippen LogP contribution in [0.5, 0.6) is 11.6 Å². The summed E-state index contributed by atoms with van der Waals surface area (Å²) < 4.78 is 56.0. The van der Waals surface area contributed by atoms with E-state index in [0.717, 1.165) is 12.8 Å². The predicted molar refractivity (Wildman–Crippen MR) is 110 cm³/mol. The van der Waals surface area contributed by atoms with Gasteiger partial charge in [-0.3, -0.25) is 0 Å². The average molecular weight is 471 g/mol. The van der Waals surface area contributed by atoms with Crippen molar-refractivity contribution in [1.29, 1.82) is 0 Å². The number of halogens is 2. The fourth-order valence-corrected chi connectivity index (χ4v) is 5.69. The lowest BCUT2D eigenvalue weighted by Gasteiger charge is -2.33. The van der Waals surface area contributed by atoms with Gasteiger partial charge in [0, 0.05) is 19.7 Å². The Morgan fingerprint density at radius 1 is 1.35 bits per heavy atom. The van der Waals surface area contributed by atoms with E-state index in [4.69, 9.17) is 21.1 Å². The molecule has 1 fully saturated rings. The van der Waals surface area contributed by atoms with Gasteiger partial charge in [0.05, 0.1) is 24.5 Å². The normalized spacial score (nSPS) is 19.7. The quantitative estimate of drug-likeness (QED) is 0.485. The minimum absolute atomic E-state index is 0.0790. The number of sulfone groups is 1. The molecule has 8 nitrogen and oxygen atoms in total. The lowest BCUT2D eigenvalue weighted by atomic mass is 10.2. The summed E-state index contributed by atoms with van der Waals surface area (Å²) in [6.45, 7) is 1.22. The van der Waals surface area contributed by atoms with Gasteiger partial charge in [0.2, 0.25) is 11.8 Å². The fourth-order valence-electron chi connectivity index (χ4n) is 3.67. The summed E-state index contributed by atoms with van der Waals surface area (Å²) in [6.07, 6.45) is 1.68. The molecule has 1 atom stereocenters. The van der Waals surface area contributed by atoms with E-state index in [1.54, 1.807) is 4.90 Å². The molecule has 31 heavy (non-hydrogen) atoms. The van der Waals surface area contributed by atoms with Crippen LogP contribution in [0.3, 0.4) is 0 Å². The van der Waals surface area contributed by atoms with E-state index >= 15 is 0 Å². The Hall–Kier alpha value is -2.43. The van der Waals surface area contributed by atoms with Gasteiger partial charge >= 0.3 is 5.97 Å². The first-order chi connectivity index (χ1) is 14.8. The number of aromatic nitrogens is 1. The average Bonchev–Trinajstić information content (AvgIpc) is 3.26. The van der Waals surface area contributed by atoms with Crippen molar-refractivity contribution >= 4 is 33.1 Å². The van der Waals surface area contributed by atoms with E-state index in [1.165, 1.54) is 31.4 Å². The number of fused-ring (bicyclic) bond motifs is 1. The molecule has 1 saturated heterocycles. The summed E-state index contributed by atoms with van der Waals surface area (Å²) in [5.41, 5.74) is 0.417. The van der Waals surface area contributed by atoms with Gasteiger partial charge in [-0.05, 0) is 37.1 Å². The number of nitrogens with zero attached hydrogens (tertiary/aromatic N) is 2. The summed E-state index contributed by atoms with van der Waals surface area (Å²) in [5, 5.41) is -0.555. The van der Waals surface area contributed by atoms with Crippen LogP contribution in [-0.4, -0.2) is 58.0 Å². The van der Waals surface area contributed by atoms with Crippen molar-refractivity contribution in [2.24, 2.45) is 0 Å². The number of benzene rings is 1. The Kier molecular flexibility index (Phi) is 6.05. The highest BCUT2D eigenvalue weighted by Gasteiger charge is 2.38. The maximum absolute atomic E-state index is 14.5.